The highest BCUT2D eigenvalue weighted by Crippen LogP contribution is 2.18. The highest BCUT2D eigenvalue weighted by atomic mass is 16.7. The monoisotopic (exact) mass is 212 g/mol. The van der Waals surface area contributed by atoms with E-state index in [9.17, 15) is 4.79 Å². The molecule has 1 aliphatic heterocycles. The first kappa shape index (κ1) is 12.4. The van der Waals surface area contributed by atoms with Crippen LogP contribution in [0.4, 0.5) is 0 Å². The van der Waals surface area contributed by atoms with Gasteiger partial charge in [-0.05, 0) is 31.3 Å². The molecule has 0 spiro atoms. The molecule has 0 amide bonds. The zero-order valence-corrected chi connectivity index (χ0v) is 9.57. The van der Waals surface area contributed by atoms with Crippen molar-refractivity contribution in [2.24, 2.45) is 5.92 Å². The van der Waals surface area contributed by atoms with Crippen molar-refractivity contribution in [1.82, 2.24) is 0 Å². The van der Waals surface area contributed by atoms with E-state index < -0.39 is 0 Å². The molecule has 1 atom stereocenters. The number of hydrogen-bond acceptors (Lipinski definition) is 3. The Bertz CT molecular complexity index is 217. The summed E-state index contributed by atoms with van der Waals surface area (Å²) in [5.74, 6) is 0.573. The summed E-state index contributed by atoms with van der Waals surface area (Å²) in [5, 5.41) is 0. The smallest absolute Gasteiger partial charge is 0.158 e. The standard InChI is InChI=1S/C12H20O3/c1-10(4-3-5-11(2)9-13)8-12-14-6-7-15-12/h5,9-10,12H,3-4,6-8H2,1-2H3/b11-5+/t10-/m0/s1. The van der Waals surface area contributed by atoms with E-state index in [-0.39, 0.29) is 6.29 Å². The Morgan fingerprint density at radius 2 is 2.13 bits per heavy atom. The molecule has 0 unspecified atom stereocenters. The summed E-state index contributed by atoms with van der Waals surface area (Å²) in [7, 11) is 0. The van der Waals surface area contributed by atoms with Crippen molar-refractivity contribution in [3.05, 3.63) is 11.6 Å². The summed E-state index contributed by atoms with van der Waals surface area (Å²) in [6, 6.07) is 0. The molecule has 0 bridgehead atoms. The molecule has 86 valence electrons. The first-order valence-electron chi connectivity index (χ1n) is 5.57. The maximum atomic E-state index is 10.4. The van der Waals surface area contributed by atoms with E-state index in [2.05, 4.69) is 6.92 Å². The van der Waals surface area contributed by atoms with Crippen LogP contribution in [0.3, 0.4) is 0 Å². The second-order valence-electron chi connectivity index (χ2n) is 4.16. The molecule has 0 aromatic rings. The van der Waals surface area contributed by atoms with Crippen molar-refractivity contribution in [3.63, 3.8) is 0 Å². The number of hydrogen-bond donors (Lipinski definition) is 0. The molecule has 0 aromatic carbocycles. The van der Waals surface area contributed by atoms with Crippen LogP contribution in [0.5, 0.6) is 0 Å². The fourth-order valence-corrected chi connectivity index (χ4v) is 1.63. The largest absolute Gasteiger partial charge is 0.350 e. The Kier molecular flexibility index (Phi) is 5.58. The minimum absolute atomic E-state index is 0.00357. The zero-order valence-electron chi connectivity index (χ0n) is 9.57. The maximum absolute atomic E-state index is 10.4. The number of ether oxygens (including phenoxy) is 2. The van der Waals surface area contributed by atoms with Crippen molar-refractivity contribution < 1.29 is 14.3 Å². The van der Waals surface area contributed by atoms with Crippen LogP contribution in [0.25, 0.3) is 0 Å². The molecule has 1 saturated heterocycles. The molecule has 0 N–H and O–H groups in total. The van der Waals surface area contributed by atoms with Gasteiger partial charge in [0.05, 0.1) is 13.2 Å². The van der Waals surface area contributed by atoms with Gasteiger partial charge in [-0.25, -0.2) is 0 Å². The van der Waals surface area contributed by atoms with E-state index in [4.69, 9.17) is 9.47 Å². The van der Waals surface area contributed by atoms with E-state index >= 15 is 0 Å². The second-order valence-corrected chi connectivity index (χ2v) is 4.16. The Labute approximate surface area is 91.4 Å². The zero-order chi connectivity index (χ0) is 11.1. The molecular formula is C12H20O3. The summed E-state index contributed by atoms with van der Waals surface area (Å²) in [6.45, 7) is 5.47. The van der Waals surface area contributed by atoms with Crippen LogP contribution in [0.1, 0.15) is 33.1 Å². The van der Waals surface area contributed by atoms with E-state index in [1.165, 1.54) is 0 Å². The molecule has 1 heterocycles. The van der Waals surface area contributed by atoms with Gasteiger partial charge in [-0.2, -0.15) is 0 Å². The fraction of sp³-hybridized carbons (Fsp3) is 0.750. The van der Waals surface area contributed by atoms with Crippen molar-refractivity contribution in [1.29, 1.82) is 0 Å². The minimum Gasteiger partial charge on any atom is -0.350 e. The van der Waals surface area contributed by atoms with Crippen molar-refractivity contribution in [3.8, 4) is 0 Å². The third kappa shape index (κ3) is 5.09. The third-order valence-electron chi connectivity index (χ3n) is 2.60. The predicted octanol–water partition coefficient (Wildman–Crippen LogP) is 2.31. The lowest BCUT2D eigenvalue weighted by Crippen LogP contribution is -2.12. The van der Waals surface area contributed by atoms with Gasteiger partial charge < -0.3 is 9.47 Å². The van der Waals surface area contributed by atoms with Crippen LogP contribution >= 0.6 is 0 Å². The van der Waals surface area contributed by atoms with E-state index in [1.54, 1.807) is 0 Å². The van der Waals surface area contributed by atoms with Gasteiger partial charge in [0.25, 0.3) is 0 Å². The normalized spacial score (nSPS) is 20.5. The Morgan fingerprint density at radius 3 is 2.73 bits per heavy atom. The first-order valence-corrected chi connectivity index (χ1v) is 5.57. The van der Waals surface area contributed by atoms with Gasteiger partial charge >= 0.3 is 0 Å². The van der Waals surface area contributed by atoms with Gasteiger partial charge in [0.15, 0.2) is 6.29 Å². The molecule has 0 aliphatic carbocycles. The van der Waals surface area contributed by atoms with Gasteiger partial charge in [0, 0.05) is 6.42 Å². The lowest BCUT2D eigenvalue weighted by atomic mass is 10.0. The molecular weight excluding hydrogens is 192 g/mol. The average Bonchev–Trinajstić information content (AvgIpc) is 2.70. The molecule has 0 saturated carbocycles. The number of carbonyl (C=O) groups excluding carboxylic acids is 1. The predicted molar refractivity (Wildman–Crippen MR) is 58.5 cm³/mol. The molecule has 1 rings (SSSR count). The van der Waals surface area contributed by atoms with Gasteiger partial charge in [-0.15, -0.1) is 0 Å². The highest BCUT2D eigenvalue weighted by molar-refractivity contribution is 5.71. The van der Waals surface area contributed by atoms with Crippen molar-refractivity contribution >= 4 is 6.29 Å². The number of allylic oxidation sites excluding steroid dienone is 2. The quantitative estimate of drug-likeness (QED) is 0.500. The SMILES string of the molecule is C/C(C=O)=C\CC[C@H](C)CC1OCCO1. The second kappa shape index (κ2) is 6.75. The lowest BCUT2D eigenvalue weighted by molar-refractivity contribution is -0.104. The topological polar surface area (TPSA) is 35.5 Å². The summed E-state index contributed by atoms with van der Waals surface area (Å²) in [5.41, 5.74) is 0.815. The molecule has 3 heteroatoms. The molecule has 3 nitrogen and oxygen atoms in total. The lowest BCUT2D eigenvalue weighted by Gasteiger charge is -2.14. The van der Waals surface area contributed by atoms with Gasteiger partial charge in [0.2, 0.25) is 0 Å². The van der Waals surface area contributed by atoms with Gasteiger partial charge in [-0.3, -0.25) is 4.79 Å². The Morgan fingerprint density at radius 1 is 1.47 bits per heavy atom. The van der Waals surface area contributed by atoms with Gasteiger partial charge in [0.1, 0.15) is 6.29 Å². The Balaban J connectivity index is 2.12. The van der Waals surface area contributed by atoms with Crippen molar-refractivity contribution in [2.75, 3.05) is 13.2 Å². The summed E-state index contributed by atoms with van der Waals surface area (Å²) in [6.07, 6.45) is 5.87. The van der Waals surface area contributed by atoms with Crippen LogP contribution in [0.15, 0.2) is 11.6 Å². The van der Waals surface area contributed by atoms with E-state index in [1.807, 2.05) is 13.0 Å². The minimum atomic E-state index is -0.00357. The summed E-state index contributed by atoms with van der Waals surface area (Å²) < 4.78 is 10.8. The van der Waals surface area contributed by atoms with Crippen LogP contribution in [-0.2, 0) is 14.3 Å². The third-order valence-corrected chi connectivity index (χ3v) is 2.60. The molecule has 1 fully saturated rings. The Hall–Kier alpha value is -0.670. The van der Waals surface area contributed by atoms with Crippen molar-refractivity contribution in [2.45, 2.75) is 39.4 Å². The molecule has 0 aromatic heterocycles. The summed E-state index contributed by atoms with van der Waals surface area (Å²) in [4.78, 5) is 10.4. The van der Waals surface area contributed by atoms with Crippen LogP contribution in [0, 0.1) is 5.92 Å². The number of rotatable bonds is 6. The molecule has 0 radical (unpaired) electrons. The molecule has 15 heavy (non-hydrogen) atoms. The van der Waals surface area contributed by atoms with E-state index in [0.717, 1.165) is 44.3 Å². The fourth-order valence-electron chi connectivity index (χ4n) is 1.63. The summed E-state index contributed by atoms with van der Waals surface area (Å²) >= 11 is 0. The van der Waals surface area contributed by atoms with E-state index in [0.29, 0.717) is 5.92 Å². The van der Waals surface area contributed by atoms with Crippen LogP contribution in [-0.4, -0.2) is 25.8 Å². The highest BCUT2D eigenvalue weighted by Gasteiger charge is 2.18. The average molecular weight is 212 g/mol. The number of aldehydes is 1. The number of carbonyl (C=O) groups is 1. The maximum Gasteiger partial charge on any atom is 0.158 e. The molecule has 1 aliphatic rings. The van der Waals surface area contributed by atoms with Gasteiger partial charge in [-0.1, -0.05) is 13.0 Å². The first-order chi connectivity index (χ1) is 7.22. The van der Waals surface area contributed by atoms with Crippen LogP contribution < -0.4 is 0 Å². The van der Waals surface area contributed by atoms with Crippen LogP contribution in [0.2, 0.25) is 0 Å².